The molecule has 0 spiro atoms. The molecule has 3 unspecified atom stereocenters. The van der Waals surface area contributed by atoms with Gasteiger partial charge in [-0.3, -0.25) is 9.59 Å². The summed E-state index contributed by atoms with van der Waals surface area (Å²) in [6.07, 6.45) is 40.2. The fourth-order valence-corrected chi connectivity index (χ4v) is 7.20. The minimum atomic E-state index is -0.776. The third-order valence-electron chi connectivity index (χ3n) is 10.7. The van der Waals surface area contributed by atoms with Gasteiger partial charge < -0.3 is 20.3 Å². The van der Waals surface area contributed by atoms with E-state index in [-0.39, 0.29) is 24.9 Å². The summed E-state index contributed by atoms with van der Waals surface area (Å²) in [5, 5.41) is 23.6. The van der Waals surface area contributed by atoms with Crippen molar-refractivity contribution in [1.82, 2.24) is 5.32 Å². The minimum Gasteiger partial charge on any atom is -0.462 e. The van der Waals surface area contributed by atoms with E-state index < -0.39 is 18.2 Å². The summed E-state index contributed by atoms with van der Waals surface area (Å²) in [5.41, 5.74) is 0. The maximum atomic E-state index is 13.1. The lowest BCUT2D eigenvalue weighted by atomic mass is 10.0. The van der Waals surface area contributed by atoms with Crippen molar-refractivity contribution in [3.8, 4) is 0 Å². The molecule has 0 saturated carbocycles. The van der Waals surface area contributed by atoms with Gasteiger partial charge in [0.25, 0.3) is 0 Å². The highest BCUT2D eigenvalue weighted by atomic mass is 16.5. The first-order valence-corrected chi connectivity index (χ1v) is 22.8. The van der Waals surface area contributed by atoms with Gasteiger partial charge in [-0.05, 0) is 25.7 Å². The number of hydrogen-bond acceptors (Lipinski definition) is 5. The van der Waals surface area contributed by atoms with Gasteiger partial charge >= 0.3 is 5.97 Å². The van der Waals surface area contributed by atoms with E-state index in [2.05, 4.69) is 26.1 Å². The fourth-order valence-electron chi connectivity index (χ4n) is 7.20. The van der Waals surface area contributed by atoms with Gasteiger partial charge in [-0.2, -0.15) is 0 Å². The number of aliphatic hydroxyl groups is 2. The van der Waals surface area contributed by atoms with Crippen LogP contribution in [0.1, 0.15) is 252 Å². The SMILES string of the molecule is CCCCCCCCCCCCCCC(O)C(CO)NC(=O)CC(CCCCCCCCCCC)OC(=O)CCCCCCCCCCCCC. The van der Waals surface area contributed by atoms with Crippen LogP contribution in [0.3, 0.4) is 0 Å². The molecule has 6 heteroatoms. The molecule has 0 rings (SSSR count). The Bertz CT molecular complexity index is 731. The van der Waals surface area contributed by atoms with Crippen LogP contribution >= 0.6 is 0 Å². The van der Waals surface area contributed by atoms with Gasteiger partial charge in [0, 0.05) is 6.42 Å². The molecule has 0 saturated heterocycles. The lowest BCUT2D eigenvalue weighted by Crippen LogP contribution is -2.46. The van der Waals surface area contributed by atoms with E-state index in [1.54, 1.807) is 0 Å². The van der Waals surface area contributed by atoms with Gasteiger partial charge in [-0.1, -0.05) is 213 Å². The molecule has 0 aromatic heterocycles. The quantitative estimate of drug-likeness (QED) is 0.0431. The molecule has 0 aliphatic carbocycles. The van der Waals surface area contributed by atoms with E-state index in [1.807, 2.05) is 0 Å². The predicted octanol–water partition coefficient (Wildman–Crippen LogP) is 12.8. The third kappa shape index (κ3) is 35.6. The number of carbonyl (C=O) groups is 2. The Morgan fingerprint density at radius 3 is 1.20 bits per heavy atom. The summed E-state index contributed by atoms with van der Waals surface area (Å²) in [5.74, 6) is -0.462. The monoisotopic (exact) mass is 724 g/mol. The molecule has 51 heavy (non-hydrogen) atoms. The van der Waals surface area contributed by atoms with E-state index >= 15 is 0 Å². The number of unbranched alkanes of at least 4 members (excludes halogenated alkanes) is 29. The highest BCUT2D eigenvalue weighted by Gasteiger charge is 2.24. The van der Waals surface area contributed by atoms with Crippen LogP contribution in [-0.2, 0) is 14.3 Å². The fraction of sp³-hybridized carbons (Fsp3) is 0.956. The van der Waals surface area contributed by atoms with Crippen LogP contribution < -0.4 is 5.32 Å². The second-order valence-corrected chi connectivity index (χ2v) is 15.8. The summed E-state index contributed by atoms with van der Waals surface area (Å²) < 4.78 is 5.88. The number of aliphatic hydroxyl groups excluding tert-OH is 2. The number of ether oxygens (including phenoxy) is 1. The van der Waals surface area contributed by atoms with Crippen molar-refractivity contribution >= 4 is 11.9 Å². The Morgan fingerprint density at radius 1 is 0.490 bits per heavy atom. The standard InChI is InChI=1S/C45H89NO5/c1-4-7-10-13-16-19-21-23-25-28-31-34-37-43(48)42(40-47)46-44(49)39-41(36-33-30-27-24-18-15-12-9-6-3)51-45(50)38-35-32-29-26-22-20-17-14-11-8-5-2/h41-43,47-48H,4-40H2,1-3H3,(H,46,49). The first-order valence-electron chi connectivity index (χ1n) is 22.8. The third-order valence-corrected chi connectivity index (χ3v) is 10.7. The molecule has 6 nitrogen and oxygen atoms in total. The smallest absolute Gasteiger partial charge is 0.306 e. The number of rotatable bonds is 41. The summed E-state index contributed by atoms with van der Waals surface area (Å²) >= 11 is 0. The molecule has 0 radical (unpaired) electrons. The lowest BCUT2D eigenvalue weighted by Gasteiger charge is -2.24. The van der Waals surface area contributed by atoms with Crippen molar-refractivity contribution in [2.45, 2.75) is 270 Å². The minimum absolute atomic E-state index is 0.0861. The lowest BCUT2D eigenvalue weighted by molar-refractivity contribution is -0.151. The van der Waals surface area contributed by atoms with Crippen LogP contribution in [0.15, 0.2) is 0 Å². The molecule has 304 valence electrons. The Hall–Kier alpha value is -1.14. The molecular weight excluding hydrogens is 634 g/mol. The Morgan fingerprint density at radius 2 is 0.824 bits per heavy atom. The maximum Gasteiger partial charge on any atom is 0.306 e. The van der Waals surface area contributed by atoms with Crippen LogP contribution in [0.4, 0.5) is 0 Å². The van der Waals surface area contributed by atoms with E-state index in [9.17, 15) is 19.8 Å². The zero-order valence-electron chi connectivity index (χ0n) is 34.5. The van der Waals surface area contributed by atoms with E-state index in [1.165, 1.54) is 161 Å². The summed E-state index contributed by atoms with van der Waals surface area (Å²) in [6.45, 7) is 6.46. The molecular formula is C45H89NO5. The molecule has 0 aromatic rings. The van der Waals surface area contributed by atoms with Crippen LogP contribution in [-0.4, -0.2) is 46.9 Å². The van der Waals surface area contributed by atoms with Crippen LogP contribution in [0.25, 0.3) is 0 Å². The van der Waals surface area contributed by atoms with Crippen molar-refractivity contribution in [1.29, 1.82) is 0 Å². The van der Waals surface area contributed by atoms with Gasteiger partial charge in [0.2, 0.25) is 5.91 Å². The van der Waals surface area contributed by atoms with Gasteiger partial charge in [-0.15, -0.1) is 0 Å². The molecule has 0 aliphatic rings. The van der Waals surface area contributed by atoms with Crippen molar-refractivity contribution in [2.24, 2.45) is 0 Å². The molecule has 0 fully saturated rings. The van der Waals surface area contributed by atoms with Gasteiger partial charge in [0.1, 0.15) is 6.10 Å². The van der Waals surface area contributed by atoms with E-state index in [0.29, 0.717) is 19.3 Å². The predicted molar refractivity (Wildman–Crippen MR) is 218 cm³/mol. The highest BCUT2D eigenvalue weighted by Crippen LogP contribution is 2.18. The first-order chi connectivity index (χ1) is 25.0. The summed E-state index contributed by atoms with van der Waals surface area (Å²) in [6, 6.07) is -0.689. The molecule has 3 N–H and O–H groups in total. The summed E-state index contributed by atoms with van der Waals surface area (Å²) in [4.78, 5) is 25.9. The average molecular weight is 724 g/mol. The second kappa shape index (κ2) is 40.1. The Labute approximate surface area is 317 Å². The summed E-state index contributed by atoms with van der Waals surface area (Å²) in [7, 11) is 0. The number of hydrogen-bond donors (Lipinski definition) is 3. The van der Waals surface area contributed by atoms with E-state index in [0.717, 1.165) is 44.9 Å². The van der Waals surface area contributed by atoms with Crippen molar-refractivity contribution in [3.63, 3.8) is 0 Å². The van der Waals surface area contributed by atoms with Crippen LogP contribution in [0, 0.1) is 0 Å². The first kappa shape index (κ1) is 49.9. The largest absolute Gasteiger partial charge is 0.462 e. The normalized spacial score (nSPS) is 13.3. The van der Waals surface area contributed by atoms with Gasteiger partial charge in [0.05, 0.1) is 25.2 Å². The Kier molecular flexibility index (Phi) is 39.2. The number of esters is 1. The molecule has 1 amide bonds. The molecule has 0 bridgehead atoms. The highest BCUT2D eigenvalue weighted by molar-refractivity contribution is 5.77. The topological polar surface area (TPSA) is 95.9 Å². The number of nitrogens with one attached hydrogen (secondary N) is 1. The van der Waals surface area contributed by atoms with Gasteiger partial charge in [0.15, 0.2) is 0 Å². The van der Waals surface area contributed by atoms with Crippen molar-refractivity contribution in [3.05, 3.63) is 0 Å². The zero-order chi connectivity index (χ0) is 37.5. The Balaban J connectivity index is 4.49. The average Bonchev–Trinajstić information content (AvgIpc) is 3.12. The van der Waals surface area contributed by atoms with Crippen LogP contribution in [0.5, 0.6) is 0 Å². The van der Waals surface area contributed by atoms with Crippen molar-refractivity contribution in [2.75, 3.05) is 6.61 Å². The van der Waals surface area contributed by atoms with Crippen molar-refractivity contribution < 1.29 is 24.5 Å². The zero-order valence-corrected chi connectivity index (χ0v) is 34.5. The molecule has 0 aromatic carbocycles. The number of carbonyl (C=O) groups excluding carboxylic acids is 2. The molecule has 3 atom stereocenters. The number of amides is 1. The van der Waals surface area contributed by atoms with E-state index in [4.69, 9.17) is 4.74 Å². The maximum absolute atomic E-state index is 13.1. The van der Waals surface area contributed by atoms with Gasteiger partial charge in [-0.25, -0.2) is 0 Å². The molecule has 0 aliphatic heterocycles. The molecule has 0 heterocycles. The van der Waals surface area contributed by atoms with Crippen LogP contribution in [0.2, 0.25) is 0 Å². The second-order valence-electron chi connectivity index (χ2n) is 15.8.